The Bertz CT molecular complexity index is 828. The van der Waals surface area contributed by atoms with Gasteiger partial charge in [-0.25, -0.2) is 4.79 Å². The first-order valence-electron chi connectivity index (χ1n) is 8.11. The van der Waals surface area contributed by atoms with Crippen molar-refractivity contribution in [2.45, 2.75) is 32.4 Å². The lowest BCUT2D eigenvalue weighted by Crippen LogP contribution is -2.32. The molecule has 0 saturated carbocycles. The van der Waals surface area contributed by atoms with Gasteiger partial charge in [0.25, 0.3) is 5.91 Å². The van der Waals surface area contributed by atoms with Crippen molar-refractivity contribution in [2.24, 2.45) is 0 Å². The Kier molecular flexibility index (Phi) is 5.17. The Morgan fingerprint density at radius 1 is 1.23 bits per heavy atom. The lowest BCUT2D eigenvalue weighted by atomic mass is 10.2. The number of imide groups is 1. The predicted molar refractivity (Wildman–Crippen MR) is 96.8 cm³/mol. The van der Waals surface area contributed by atoms with Gasteiger partial charge in [-0.3, -0.25) is 9.69 Å². The number of urea groups is 1. The quantitative estimate of drug-likeness (QED) is 0.659. The molecule has 1 fully saturated rings. The predicted octanol–water partition coefficient (Wildman–Crippen LogP) is 2.07. The summed E-state index contributed by atoms with van der Waals surface area (Å²) >= 11 is 5.86. The van der Waals surface area contributed by atoms with Gasteiger partial charge in [0.1, 0.15) is 6.04 Å². The van der Waals surface area contributed by atoms with Gasteiger partial charge in [0, 0.05) is 10.7 Å². The van der Waals surface area contributed by atoms with E-state index in [9.17, 15) is 9.59 Å². The van der Waals surface area contributed by atoms with E-state index in [-0.39, 0.29) is 30.2 Å². The van der Waals surface area contributed by atoms with Crippen LogP contribution in [-0.2, 0) is 11.3 Å². The zero-order valence-corrected chi connectivity index (χ0v) is 14.8. The van der Waals surface area contributed by atoms with Crippen LogP contribution >= 0.6 is 11.6 Å². The molecule has 1 saturated heterocycles. The molecule has 1 aromatic heterocycles. The van der Waals surface area contributed by atoms with Gasteiger partial charge in [-0.05, 0) is 30.7 Å². The molecule has 1 atom stereocenters. The number of carbonyl (C=O) groups is 2. The van der Waals surface area contributed by atoms with Gasteiger partial charge in [-0.1, -0.05) is 24.9 Å². The minimum absolute atomic E-state index is 0.0105. The van der Waals surface area contributed by atoms with E-state index in [2.05, 4.69) is 25.6 Å². The minimum Gasteiger partial charge on any atom is -0.368 e. The summed E-state index contributed by atoms with van der Waals surface area (Å²) in [4.78, 5) is 37.7. The number of nitrogens with zero attached hydrogens (tertiary/aromatic N) is 4. The van der Waals surface area contributed by atoms with Crippen LogP contribution in [0.1, 0.15) is 25.6 Å². The molecule has 4 N–H and O–H groups in total. The molecule has 26 heavy (non-hydrogen) atoms. The number of anilines is 3. The van der Waals surface area contributed by atoms with Crippen LogP contribution in [0.3, 0.4) is 0 Å². The fraction of sp³-hybridized carbons (Fsp3) is 0.312. The Morgan fingerprint density at radius 2 is 1.96 bits per heavy atom. The van der Waals surface area contributed by atoms with Crippen LogP contribution in [0.2, 0.25) is 5.02 Å². The van der Waals surface area contributed by atoms with Crippen molar-refractivity contribution >= 4 is 41.1 Å². The third-order valence-corrected chi connectivity index (χ3v) is 4.04. The first-order chi connectivity index (χ1) is 12.5. The highest BCUT2D eigenvalue weighted by Gasteiger charge is 2.37. The number of hydrogen-bond acceptors (Lipinski definition) is 7. The molecule has 3 amide bonds. The average molecular weight is 376 g/mol. The highest BCUT2D eigenvalue weighted by molar-refractivity contribution is 6.30. The summed E-state index contributed by atoms with van der Waals surface area (Å²) in [7, 11) is 0. The summed E-state index contributed by atoms with van der Waals surface area (Å²) in [6.07, 6.45) is 1.38. The highest BCUT2D eigenvalue weighted by Crippen LogP contribution is 2.18. The van der Waals surface area contributed by atoms with E-state index in [0.717, 1.165) is 11.3 Å². The number of nitrogens with two attached hydrogens (primary N) is 1. The van der Waals surface area contributed by atoms with Crippen molar-refractivity contribution in [3.63, 3.8) is 0 Å². The van der Waals surface area contributed by atoms with E-state index >= 15 is 0 Å². The summed E-state index contributed by atoms with van der Waals surface area (Å²) in [6, 6.07) is 5.99. The molecule has 1 aliphatic heterocycles. The molecule has 136 valence electrons. The number of benzene rings is 1. The van der Waals surface area contributed by atoms with E-state index in [4.69, 9.17) is 17.3 Å². The molecular formula is C16H18ClN7O2. The standard InChI is InChI=1S/C16H18ClN7O2/c1-2-3-11-13(25)24(16(26)20-11)8-12-21-14(18)23-15(22-12)19-10-6-4-9(17)5-7-10/h4-7,11H,2-3,8H2,1H3,(H,20,26)(H3,18,19,21,22,23)/t11-/m1/s1. The Morgan fingerprint density at radius 3 is 2.65 bits per heavy atom. The molecule has 9 nitrogen and oxygen atoms in total. The van der Waals surface area contributed by atoms with Gasteiger partial charge < -0.3 is 16.4 Å². The second kappa shape index (κ2) is 7.52. The summed E-state index contributed by atoms with van der Waals surface area (Å²) in [5, 5.41) is 6.24. The van der Waals surface area contributed by atoms with Gasteiger partial charge in [-0.15, -0.1) is 0 Å². The molecule has 0 bridgehead atoms. The molecule has 1 aliphatic rings. The molecule has 2 aromatic rings. The Hall–Kier alpha value is -2.94. The second-order valence-electron chi connectivity index (χ2n) is 5.78. The van der Waals surface area contributed by atoms with Crippen molar-refractivity contribution in [3.05, 3.63) is 35.1 Å². The molecule has 10 heteroatoms. The monoisotopic (exact) mass is 375 g/mol. The number of carbonyl (C=O) groups excluding carboxylic acids is 2. The van der Waals surface area contributed by atoms with E-state index < -0.39 is 12.1 Å². The fourth-order valence-corrected chi connectivity index (χ4v) is 2.71. The van der Waals surface area contributed by atoms with E-state index in [1.807, 2.05) is 6.92 Å². The number of halogens is 1. The van der Waals surface area contributed by atoms with Crippen LogP contribution in [0.5, 0.6) is 0 Å². The summed E-state index contributed by atoms with van der Waals surface area (Å²) in [5.74, 6) is 0.133. The number of nitrogens with one attached hydrogen (secondary N) is 2. The van der Waals surface area contributed by atoms with Crippen molar-refractivity contribution in [1.29, 1.82) is 0 Å². The smallest absolute Gasteiger partial charge is 0.325 e. The van der Waals surface area contributed by atoms with E-state index in [1.54, 1.807) is 24.3 Å². The zero-order chi connectivity index (χ0) is 18.7. The van der Waals surface area contributed by atoms with Crippen molar-refractivity contribution < 1.29 is 9.59 Å². The molecule has 0 aliphatic carbocycles. The van der Waals surface area contributed by atoms with Crippen molar-refractivity contribution in [2.75, 3.05) is 11.1 Å². The van der Waals surface area contributed by atoms with Crippen LogP contribution in [0.4, 0.5) is 22.4 Å². The number of nitrogen functional groups attached to an aromatic ring is 1. The number of aromatic nitrogens is 3. The average Bonchev–Trinajstić information content (AvgIpc) is 2.84. The van der Waals surface area contributed by atoms with Crippen LogP contribution in [0, 0.1) is 0 Å². The second-order valence-corrected chi connectivity index (χ2v) is 6.22. The molecule has 2 heterocycles. The Balaban J connectivity index is 1.76. The maximum absolute atomic E-state index is 12.3. The van der Waals surface area contributed by atoms with Gasteiger partial charge in [0.15, 0.2) is 5.82 Å². The van der Waals surface area contributed by atoms with Gasteiger partial charge >= 0.3 is 6.03 Å². The summed E-state index contributed by atoms with van der Waals surface area (Å²) in [6.45, 7) is 1.87. The maximum Gasteiger partial charge on any atom is 0.325 e. The molecular weight excluding hydrogens is 358 g/mol. The molecule has 0 radical (unpaired) electrons. The molecule has 3 rings (SSSR count). The van der Waals surface area contributed by atoms with Crippen LogP contribution in [-0.4, -0.2) is 37.8 Å². The number of hydrogen-bond donors (Lipinski definition) is 3. The summed E-state index contributed by atoms with van der Waals surface area (Å²) < 4.78 is 0. The van der Waals surface area contributed by atoms with Crippen molar-refractivity contribution in [1.82, 2.24) is 25.2 Å². The van der Waals surface area contributed by atoms with E-state index in [0.29, 0.717) is 17.1 Å². The fourth-order valence-electron chi connectivity index (χ4n) is 2.58. The van der Waals surface area contributed by atoms with Crippen LogP contribution in [0.25, 0.3) is 0 Å². The molecule has 1 aromatic carbocycles. The van der Waals surface area contributed by atoms with E-state index in [1.165, 1.54) is 0 Å². The maximum atomic E-state index is 12.3. The highest BCUT2D eigenvalue weighted by atomic mass is 35.5. The van der Waals surface area contributed by atoms with Crippen molar-refractivity contribution in [3.8, 4) is 0 Å². The van der Waals surface area contributed by atoms with Crippen LogP contribution < -0.4 is 16.4 Å². The minimum atomic E-state index is -0.502. The van der Waals surface area contributed by atoms with Gasteiger partial charge in [0.05, 0.1) is 6.54 Å². The molecule has 0 unspecified atom stereocenters. The van der Waals surface area contributed by atoms with Gasteiger partial charge in [0.2, 0.25) is 11.9 Å². The lowest BCUT2D eigenvalue weighted by molar-refractivity contribution is -0.128. The Labute approximate surface area is 155 Å². The van der Waals surface area contributed by atoms with Gasteiger partial charge in [-0.2, -0.15) is 15.0 Å². The largest absolute Gasteiger partial charge is 0.368 e. The zero-order valence-electron chi connectivity index (χ0n) is 14.1. The third kappa shape index (κ3) is 3.99. The number of amides is 3. The molecule has 0 spiro atoms. The number of rotatable bonds is 6. The van der Waals surface area contributed by atoms with Crippen LogP contribution in [0.15, 0.2) is 24.3 Å². The summed E-state index contributed by atoms with van der Waals surface area (Å²) in [5.41, 5.74) is 6.44. The topological polar surface area (TPSA) is 126 Å². The first-order valence-corrected chi connectivity index (χ1v) is 8.49. The lowest BCUT2D eigenvalue weighted by Gasteiger charge is -2.13. The normalized spacial score (nSPS) is 16.7. The third-order valence-electron chi connectivity index (χ3n) is 3.78. The first kappa shape index (κ1) is 17.9. The SMILES string of the molecule is CCC[C@H]1NC(=O)N(Cc2nc(N)nc(Nc3ccc(Cl)cc3)n2)C1=O.